The molecule has 19 nitrogen and oxygen atoms in total. The summed E-state index contributed by atoms with van der Waals surface area (Å²) in [5, 5.41) is 0. The third-order valence-corrected chi connectivity index (χ3v) is 9.21. The summed E-state index contributed by atoms with van der Waals surface area (Å²) in [6.07, 6.45) is -15.2. The summed E-state index contributed by atoms with van der Waals surface area (Å²) in [4.78, 5) is 86.5. The van der Waals surface area contributed by atoms with Crippen molar-refractivity contribution in [3.8, 4) is 5.75 Å². The standard InChI is InChI=1S/C41H48O19/c1-20(42)49-18-31-34(51-22(3)44)36(52-23(4)45)39(55-26(7)48)41(59-31)60-35-32(19-50-21(2)43)58-40(38(54-25(6)47)37(35)53-24(5)46)56-29-15-13-27(14-16-29)17-30-33(57-30)28-11-9-8-10-12-28/h8-16,30-41H,17-19H2,1-7H3/t30-,31-,32-,33+,34-,35-,36+,37+,38-,39-,40-,41+/m1/s1. The van der Waals surface area contributed by atoms with Gasteiger partial charge in [0.1, 0.15) is 43.4 Å². The number of ether oxygens (including phenoxy) is 12. The molecule has 3 aliphatic rings. The number of carbonyl (C=O) groups is 7. The molecule has 0 radical (unpaired) electrons. The Labute approximate surface area is 345 Å². The van der Waals surface area contributed by atoms with E-state index in [9.17, 15) is 33.6 Å². The topological polar surface area (TPSA) is 234 Å². The summed E-state index contributed by atoms with van der Waals surface area (Å²) in [6.45, 7) is 6.43. The molecule has 0 aliphatic carbocycles. The second-order valence-electron chi connectivity index (χ2n) is 14.1. The molecule has 2 aromatic rings. The highest BCUT2D eigenvalue weighted by molar-refractivity contribution is 5.69. The van der Waals surface area contributed by atoms with Crippen LogP contribution in [0.4, 0.5) is 0 Å². The molecule has 3 heterocycles. The monoisotopic (exact) mass is 844 g/mol. The molecule has 326 valence electrons. The van der Waals surface area contributed by atoms with Gasteiger partial charge in [0.05, 0.1) is 6.10 Å². The first-order valence-electron chi connectivity index (χ1n) is 19.0. The molecule has 5 rings (SSSR count). The van der Waals surface area contributed by atoms with Gasteiger partial charge in [0.25, 0.3) is 0 Å². The fourth-order valence-electron chi connectivity index (χ4n) is 6.87. The maximum Gasteiger partial charge on any atom is 0.303 e. The predicted octanol–water partition coefficient (Wildman–Crippen LogP) is 2.37. The number of hydrogen-bond acceptors (Lipinski definition) is 19. The van der Waals surface area contributed by atoms with Crippen LogP contribution in [0, 0.1) is 0 Å². The van der Waals surface area contributed by atoms with Gasteiger partial charge in [-0.25, -0.2) is 0 Å². The van der Waals surface area contributed by atoms with Crippen LogP contribution in [0.15, 0.2) is 54.6 Å². The number of carbonyl (C=O) groups excluding carboxylic acids is 7. The van der Waals surface area contributed by atoms with Gasteiger partial charge < -0.3 is 56.8 Å². The molecule has 19 heteroatoms. The van der Waals surface area contributed by atoms with Crippen LogP contribution in [0.2, 0.25) is 0 Å². The van der Waals surface area contributed by atoms with Gasteiger partial charge >= 0.3 is 41.8 Å². The minimum atomic E-state index is -1.81. The van der Waals surface area contributed by atoms with Crippen molar-refractivity contribution in [2.75, 3.05) is 13.2 Å². The van der Waals surface area contributed by atoms with Gasteiger partial charge in [-0.1, -0.05) is 42.5 Å². The molecule has 60 heavy (non-hydrogen) atoms. The zero-order valence-electron chi connectivity index (χ0n) is 34.0. The van der Waals surface area contributed by atoms with Crippen LogP contribution in [0.5, 0.6) is 5.75 Å². The van der Waals surface area contributed by atoms with Crippen LogP contribution in [-0.2, 0) is 92.1 Å². The van der Waals surface area contributed by atoms with E-state index in [2.05, 4.69) is 0 Å². The van der Waals surface area contributed by atoms with Crippen molar-refractivity contribution in [2.45, 2.75) is 129 Å². The van der Waals surface area contributed by atoms with Crippen LogP contribution >= 0.6 is 0 Å². The fourth-order valence-corrected chi connectivity index (χ4v) is 6.87. The lowest BCUT2D eigenvalue weighted by Gasteiger charge is -2.48. The van der Waals surface area contributed by atoms with Crippen molar-refractivity contribution in [1.29, 1.82) is 0 Å². The molecule has 0 unspecified atom stereocenters. The van der Waals surface area contributed by atoms with E-state index in [-0.39, 0.29) is 18.0 Å². The van der Waals surface area contributed by atoms with E-state index >= 15 is 0 Å². The molecule has 2 aromatic carbocycles. The highest BCUT2D eigenvalue weighted by Crippen LogP contribution is 2.41. The number of hydrogen-bond donors (Lipinski definition) is 0. The van der Waals surface area contributed by atoms with Crippen molar-refractivity contribution >= 4 is 41.8 Å². The molecule has 0 spiro atoms. The Kier molecular flexibility index (Phi) is 15.6. The van der Waals surface area contributed by atoms with E-state index in [1.807, 2.05) is 42.5 Å². The van der Waals surface area contributed by atoms with E-state index in [1.165, 1.54) is 0 Å². The van der Waals surface area contributed by atoms with Gasteiger partial charge in [-0.2, -0.15) is 0 Å². The van der Waals surface area contributed by atoms with Crippen LogP contribution in [0.25, 0.3) is 0 Å². The minimum Gasteiger partial charge on any atom is -0.463 e. The Hall–Kier alpha value is -5.63. The SMILES string of the molecule is CC(=O)OC[C@H]1O[C@@H](O[C@H]2[C@H](OC(C)=O)[C@@H](OC(C)=O)[C@H](Oc3ccc(C[C@H]4O[C@H]4c4ccccc4)cc3)O[C@@H]2COC(C)=O)[C@H](OC(C)=O)[C@@H](OC(C)=O)[C@@H]1OC(C)=O. The third-order valence-electron chi connectivity index (χ3n) is 9.21. The second-order valence-corrected chi connectivity index (χ2v) is 14.1. The fraction of sp³-hybridized carbons (Fsp3) is 0.537. The van der Waals surface area contributed by atoms with Gasteiger partial charge in [-0.3, -0.25) is 33.6 Å². The van der Waals surface area contributed by atoms with Crippen LogP contribution in [0.1, 0.15) is 65.7 Å². The highest BCUT2D eigenvalue weighted by Gasteiger charge is 2.58. The largest absolute Gasteiger partial charge is 0.463 e. The lowest BCUT2D eigenvalue weighted by Crippen LogP contribution is -2.67. The quantitative estimate of drug-likeness (QED) is 0.134. The normalized spacial score (nSPS) is 29.4. The molecule has 3 fully saturated rings. The van der Waals surface area contributed by atoms with Crippen molar-refractivity contribution < 1.29 is 90.4 Å². The van der Waals surface area contributed by atoms with Gasteiger partial charge in [0, 0.05) is 54.9 Å². The van der Waals surface area contributed by atoms with E-state index in [0.29, 0.717) is 6.42 Å². The van der Waals surface area contributed by atoms with E-state index in [1.54, 1.807) is 12.1 Å². The van der Waals surface area contributed by atoms with Crippen molar-refractivity contribution in [3.05, 3.63) is 65.7 Å². The second kappa shape index (κ2) is 20.6. The summed E-state index contributed by atoms with van der Waals surface area (Å²) in [7, 11) is 0. The zero-order valence-corrected chi connectivity index (χ0v) is 34.0. The average Bonchev–Trinajstić information content (AvgIpc) is 3.93. The first kappa shape index (κ1) is 45.5. The smallest absolute Gasteiger partial charge is 0.303 e. The first-order chi connectivity index (χ1) is 28.5. The molecule has 0 bridgehead atoms. The summed E-state index contributed by atoms with van der Waals surface area (Å²) < 4.78 is 69.2. The molecule has 0 N–H and O–H groups in total. The van der Waals surface area contributed by atoms with E-state index in [0.717, 1.165) is 59.6 Å². The Morgan fingerprint density at radius 1 is 0.467 bits per heavy atom. The van der Waals surface area contributed by atoms with Gasteiger partial charge in [-0.15, -0.1) is 0 Å². The predicted molar refractivity (Wildman–Crippen MR) is 198 cm³/mol. The highest BCUT2D eigenvalue weighted by atomic mass is 16.8. The summed E-state index contributed by atoms with van der Waals surface area (Å²) in [6, 6.07) is 16.8. The number of rotatable bonds is 16. The Morgan fingerprint density at radius 2 is 0.917 bits per heavy atom. The minimum absolute atomic E-state index is 0.0139. The Bertz CT molecular complexity index is 1850. The molecule has 0 aromatic heterocycles. The lowest BCUT2D eigenvalue weighted by atomic mass is 9.96. The van der Waals surface area contributed by atoms with Crippen molar-refractivity contribution in [1.82, 2.24) is 0 Å². The van der Waals surface area contributed by atoms with Crippen LogP contribution in [-0.4, -0.2) is 123 Å². The van der Waals surface area contributed by atoms with E-state index < -0.39 is 116 Å². The molecular formula is C41H48O19. The molecule has 0 amide bonds. The summed E-state index contributed by atoms with van der Waals surface area (Å²) in [5.74, 6) is -5.62. The molecule has 0 saturated carbocycles. The molecule has 3 saturated heterocycles. The van der Waals surface area contributed by atoms with Crippen molar-refractivity contribution in [2.24, 2.45) is 0 Å². The van der Waals surface area contributed by atoms with Gasteiger partial charge in [0.2, 0.25) is 12.4 Å². The number of epoxide rings is 1. The molecular weight excluding hydrogens is 796 g/mol. The maximum atomic E-state index is 12.7. The van der Waals surface area contributed by atoms with Crippen LogP contribution in [0.3, 0.4) is 0 Å². The molecule has 12 atom stereocenters. The van der Waals surface area contributed by atoms with Crippen molar-refractivity contribution in [3.63, 3.8) is 0 Å². The van der Waals surface area contributed by atoms with Gasteiger partial charge in [-0.05, 0) is 23.3 Å². The summed E-state index contributed by atoms with van der Waals surface area (Å²) in [5.41, 5.74) is 2.02. The Balaban J connectivity index is 1.47. The lowest BCUT2D eigenvalue weighted by molar-refractivity contribution is -0.354. The Morgan fingerprint density at radius 3 is 1.43 bits per heavy atom. The van der Waals surface area contributed by atoms with Crippen LogP contribution < -0.4 is 4.74 Å². The number of benzene rings is 2. The first-order valence-corrected chi connectivity index (χ1v) is 19.0. The maximum absolute atomic E-state index is 12.7. The molecule has 3 aliphatic heterocycles. The van der Waals surface area contributed by atoms with Gasteiger partial charge in [0.15, 0.2) is 30.7 Å². The third kappa shape index (κ3) is 12.7. The number of esters is 7. The zero-order chi connectivity index (χ0) is 43.7. The summed E-state index contributed by atoms with van der Waals surface area (Å²) >= 11 is 0. The van der Waals surface area contributed by atoms with E-state index in [4.69, 9.17) is 56.8 Å². The average molecular weight is 845 g/mol.